The molecule has 2 nitrogen and oxygen atoms in total. The minimum atomic E-state index is -0.913. The van der Waals surface area contributed by atoms with Gasteiger partial charge >= 0.3 is 0 Å². The molecule has 4 aromatic rings. The predicted molar refractivity (Wildman–Crippen MR) is 133 cm³/mol. The summed E-state index contributed by atoms with van der Waals surface area (Å²) >= 11 is 0. The van der Waals surface area contributed by atoms with Crippen LogP contribution in [0.4, 0.5) is 0 Å². The normalized spacial score (nSPS) is 10.6. The summed E-state index contributed by atoms with van der Waals surface area (Å²) in [6, 6.07) is 38.9. The van der Waals surface area contributed by atoms with E-state index in [0.29, 0.717) is 0 Å². The highest BCUT2D eigenvalue weighted by Crippen LogP contribution is 2.16. The number of hydrogen-bond acceptors (Lipinski definition) is 1. The van der Waals surface area contributed by atoms with E-state index < -0.39 is 6.15 Å². The summed E-state index contributed by atoms with van der Waals surface area (Å²) in [5.41, 5.74) is 4.33. The zero-order valence-electron chi connectivity index (χ0n) is 18.6. The van der Waals surface area contributed by atoms with Crippen LogP contribution >= 0.6 is 0 Å². The van der Waals surface area contributed by atoms with Gasteiger partial charge in [-0.05, 0) is 0 Å². The van der Waals surface area contributed by atoms with Gasteiger partial charge < -0.3 is 0 Å². The molecule has 1 heterocycles. The van der Waals surface area contributed by atoms with Gasteiger partial charge in [-0.2, -0.15) is 22.7 Å². The summed E-state index contributed by atoms with van der Waals surface area (Å²) in [5.74, 6) is 0. The second-order valence-corrected chi connectivity index (χ2v) is 7.84. The van der Waals surface area contributed by atoms with Crippen LogP contribution in [0.1, 0.15) is 19.8 Å². The molecule has 3 aromatic carbocycles. The van der Waals surface area contributed by atoms with Crippen molar-refractivity contribution in [2.24, 2.45) is 0 Å². The topological polar surface area (TPSA) is 13.1 Å². The van der Waals surface area contributed by atoms with E-state index in [9.17, 15) is 0 Å². The van der Waals surface area contributed by atoms with Crippen molar-refractivity contribution in [1.29, 1.82) is 0 Å². The molecule has 158 valence electrons. The van der Waals surface area contributed by atoms with Gasteiger partial charge in [0.05, 0.1) is 6.15 Å². The average molecular weight is 409 g/mol. The monoisotopic (exact) mass is 409 g/mol. The third-order valence-corrected chi connectivity index (χ3v) is 6.00. The maximum Gasteiger partial charge on any atom is 0.222 e. The lowest BCUT2D eigenvalue weighted by Crippen LogP contribution is -2.66. The molecule has 3 heteroatoms. The van der Waals surface area contributed by atoms with Crippen molar-refractivity contribution in [3.05, 3.63) is 122 Å². The van der Waals surface area contributed by atoms with Crippen molar-refractivity contribution < 1.29 is 9.57 Å². The minimum Gasteiger partial charge on any atom is -0.275 e. The van der Waals surface area contributed by atoms with E-state index in [-0.39, 0.29) is 0 Å². The first-order valence-electron chi connectivity index (χ1n) is 11.2. The fourth-order valence-corrected chi connectivity index (χ4v) is 4.44. The van der Waals surface area contributed by atoms with Gasteiger partial charge in [0.1, 0.15) is 7.11 Å². The van der Waals surface area contributed by atoms with Crippen LogP contribution in [-0.4, -0.2) is 13.3 Å². The van der Waals surface area contributed by atoms with E-state index in [1.165, 1.54) is 35.6 Å². The van der Waals surface area contributed by atoms with E-state index in [2.05, 4.69) is 97.9 Å². The summed E-state index contributed by atoms with van der Waals surface area (Å²) in [5, 5.41) is 0. The first-order valence-corrected chi connectivity index (χ1v) is 11.2. The Hall–Kier alpha value is -3.33. The molecule has 31 heavy (non-hydrogen) atoms. The quantitative estimate of drug-likeness (QED) is 0.332. The van der Waals surface area contributed by atoms with Crippen molar-refractivity contribution >= 4 is 22.5 Å². The maximum atomic E-state index is 4.83. The van der Waals surface area contributed by atoms with Gasteiger partial charge in [-0.1, -0.05) is 117 Å². The van der Waals surface area contributed by atoms with Gasteiger partial charge in [0.15, 0.2) is 0 Å². The molecule has 0 aliphatic rings. The number of benzene rings is 3. The largest absolute Gasteiger partial charge is 0.275 e. The highest BCUT2D eigenvalue weighted by molar-refractivity contribution is 7.11. The van der Waals surface area contributed by atoms with Crippen molar-refractivity contribution in [3.8, 4) is 0 Å². The van der Waals surface area contributed by atoms with Crippen LogP contribution in [0.5, 0.6) is 0 Å². The summed E-state index contributed by atoms with van der Waals surface area (Å²) in [7, 11) is 1.62. The van der Waals surface area contributed by atoms with Crippen LogP contribution in [0, 0.1) is 0 Å². The molecule has 0 spiro atoms. The van der Waals surface area contributed by atoms with Crippen LogP contribution in [0.2, 0.25) is 6.32 Å². The molecule has 0 unspecified atom stereocenters. The zero-order valence-corrected chi connectivity index (χ0v) is 18.6. The van der Waals surface area contributed by atoms with E-state index >= 15 is 0 Å². The van der Waals surface area contributed by atoms with Crippen molar-refractivity contribution in [1.82, 2.24) is 0 Å². The van der Waals surface area contributed by atoms with Crippen LogP contribution in [0.15, 0.2) is 122 Å². The Morgan fingerprint density at radius 3 is 1.32 bits per heavy atom. The molecule has 4 rings (SSSR count). The van der Waals surface area contributed by atoms with Crippen LogP contribution < -0.4 is 26.0 Å². The first kappa shape index (κ1) is 22.4. The summed E-state index contributed by atoms with van der Waals surface area (Å²) in [6.45, 7) is 2.28. The third-order valence-electron chi connectivity index (χ3n) is 6.00. The lowest BCUT2D eigenvalue weighted by Gasteiger charge is -2.43. The summed E-state index contributed by atoms with van der Waals surface area (Å²) in [4.78, 5) is 4.83. The Bertz CT molecular complexity index is 895. The Kier molecular flexibility index (Phi) is 8.48. The fraction of sp³-hybridized carbons (Fsp3) is 0.179. The Labute approximate surface area is 187 Å². The first-order chi connectivity index (χ1) is 15.3. The highest BCUT2D eigenvalue weighted by Gasteiger charge is 2.28. The lowest BCUT2D eigenvalue weighted by atomic mass is 9.14. The minimum absolute atomic E-state index is 0.913. The van der Waals surface area contributed by atoms with Crippen LogP contribution in [0.3, 0.4) is 0 Å². The zero-order chi connectivity index (χ0) is 21.8. The molecule has 0 saturated carbocycles. The van der Waals surface area contributed by atoms with Gasteiger partial charge in [-0.25, -0.2) is 0 Å². The number of rotatable bonds is 7. The molecule has 0 aliphatic carbocycles. The van der Waals surface area contributed by atoms with Crippen molar-refractivity contribution in [2.45, 2.75) is 26.1 Å². The van der Waals surface area contributed by atoms with Crippen LogP contribution in [-0.2, 0) is 0 Å². The molecule has 0 fully saturated rings. The fourth-order valence-electron chi connectivity index (χ4n) is 4.44. The molecular weight excluding hydrogens is 377 g/mol. The molecule has 0 saturated heterocycles. The van der Waals surface area contributed by atoms with E-state index in [1.54, 1.807) is 11.8 Å². The van der Waals surface area contributed by atoms with Gasteiger partial charge in [-0.3, -0.25) is 4.84 Å². The summed E-state index contributed by atoms with van der Waals surface area (Å²) in [6.07, 6.45) is 6.40. The molecule has 1 aromatic heterocycles. The molecular formula is C28H32BNO. The maximum absolute atomic E-state index is 4.83. The summed E-state index contributed by atoms with van der Waals surface area (Å²) < 4.78 is 1.62. The standard InChI is InChI=1S/C22H24B.C6H8NO/c1-2-3-19-23(20-13-7-4-8-14-20,21-15-9-5-10-16-21)22-17-11-6-12-18-22;1-8-7-5-3-2-4-6-7/h4-18H,2-3,19H2,1H3;2-6H,1H3/q-1;+1. The smallest absolute Gasteiger partial charge is 0.222 e. The van der Waals surface area contributed by atoms with Gasteiger partial charge in [0, 0.05) is 16.9 Å². The van der Waals surface area contributed by atoms with Crippen LogP contribution in [0.25, 0.3) is 0 Å². The number of unbranched alkanes of at least 4 members (excludes halogenated alkanes) is 1. The number of nitrogens with zero attached hydrogens (tertiary/aromatic N) is 1. The average Bonchev–Trinajstić information content (AvgIpc) is 2.87. The van der Waals surface area contributed by atoms with Gasteiger partial charge in [-0.15, -0.1) is 0 Å². The van der Waals surface area contributed by atoms with Gasteiger partial charge in [0.25, 0.3) is 0 Å². The molecule has 0 atom stereocenters. The number of aromatic nitrogens is 1. The van der Waals surface area contributed by atoms with Crippen molar-refractivity contribution in [3.63, 3.8) is 0 Å². The second-order valence-electron chi connectivity index (χ2n) is 7.84. The lowest BCUT2D eigenvalue weighted by molar-refractivity contribution is -0.885. The molecule has 0 N–H and O–H groups in total. The van der Waals surface area contributed by atoms with E-state index in [0.717, 1.165) is 0 Å². The molecule has 0 radical (unpaired) electrons. The SMILES string of the molecule is CCCC[B-](c1ccccc1)(c1ccccc1)c1ccccc1.CO[n+]1ccccc1. The molecule has 0 aliphatic heterocycles. The highest BCUT2D eigenvalue weighted by atomic mass is 16.6. The number of pyridine rings is 1. The molecule has 0 bridgehead atoms. The third kappa shape index (κ3) is 5.64. The second kappa shape index (κ2) is 11.8. The predicted octanol–water partition coefficient (Wildman–Crippen LogP) is 3.99. The Morgan fingerprint density at radius 1 is 0.613 bits per heavy atom. The Balaban J connectivity index is 0.000000287. The molecule has 0 amide bonds. The number of hydrogen-bond donors (Lipinski definition) is 0. The Morgan fingerprint density at radius 2 is 1.00 bits per heavy atom. The van der Waals surface area contributed by atoms with Gasteiger partial charge in [0.2, 0.25) is 12.4 Å². The van der Waals surface area contributed by atoms with Crippen molar-refractivity contribution in [2.75, 3.05) is 7.11 Å². The van der Waals surface area contributed by atoms with E-state index in [1.807, 2.05) is 30.6 Å². The van der Waals surface area contributed by atoms with E-state index in [4.69, 9.17) is 4.84 Å².